The van der Waals surface area contributed by atoms with Gasteiger partial charge < -0.3 is 9.47 Å². The molecule has 4 aromatic rings. The van der Waals surface area contributed by atoms with Gasteiger partial charge in [0, 0.05) is 11.1 Å². The van der Waals surface area contributed by atoms with Crippen LogP contribution in [0.2, 0.25) is 0 Å². The lowest BCUT2D eigenvalue weighted by molar-refractivity contribution is 0.415. The van der Waals surface area contributed by atoms with E-state index in [2.05, 4.69) is 11.1 Å². The lowest BCUT2D eigenvalue weighted by Gasteiger charge is -2.10. The van der Waals surface area contributed by atoms with E-state index in [0.29, 0.717) is 16.9 Å². The number of nitrogens with zero attached hydrogens (tertiary/aromatic N) is 3. The zero-order valence-corrected chi connectivity index (χ0v) is 15.5. The van der Waals surface area contributed by atoms with Crippen LogP contribution in [0.5, 0.6) is 11.5 Å². The maximum atomic E-state index is 9.68. The third-order valence-electron chi connectivity index (χ3n) is 4.57. The van der Waals surface area contributed by atoms with Gasteiger partial charge in [-0.3, -0.25) is 0 Å². The van der Waals surface area contributed by atoms with Crippen LogP contribution in [0.1, 0.15) is 5.69 Å². The number of ether oxygens (including phenoxy) is 2. The van der Waals surface area contributed by atoms with Crippen LogP contribution in [0, 0.1) is 11.3 Å². The molecule has 0 saturated carbocycles. The van der Waals surface area contributed by atoms with Gasteiger partial charge in [0.05, 0.1) is 25.3 Å². The molecule has 3 aromatic carbocycles. The fraction of sp³-hybridized carbons (Fsp3) is 0.0870. The molecule has 0 bridgehead atoms. The normalized spacial score (nSPS) is 10.5. The Balaban J connectivity index is 1.88. The third-order valence-corrected chi connectivity index (χ3v) is 4.57. The molecule has 0 amide bonds. The molecule has 28 heavy (non-hydrogen) atoms. The summed E-state index contributed by atoms with van der Waals surface area (Å²) in [7, 11) is 3.25. The topological polar surface area (TPSA) is 68.0 Å². The first-order valence-corrected chi connectivity index (χ1v) is 8.73. The van der Waals surface area contributed by atoms with Crippen LogP contribution in [0.4, 0.5) is 0 Å². The van der Waals surface area contributed by atoms with E-state index in [9.17, 15) is 5.26 Å². The van der Waals surface area contributed by atoms with E-state index in [1.807, 2.05) is 66.7 Å². The van der Waals surface area contributed by atoms with Crippen molar-refractivity contribution in [1.82, 2.24) is 9.97 Å². The van der Waals surface area contributed by atoms with E-state index in [0.717, 1.165) is 33.7 Å². The molecule has 1 heterocycles. The van der Waals surface area contributed by atoms with Gasteiger partial charge in [0.15, 0.2) is 5.69 Å². The van der Waals surface area contributed by atoms with Gasteiger partial charge in [0.1, 0.15) is 23.3 Å². The van der Waals surface area contributed by atoms with Crippen LogP contribution in [0.25, 0.3) is 33.4 Å². The monoisotopic (exact) mass is 367 g/mol. The average Bonchev–Trinajstić information content (AvgIpc) is 2.78. The van der Waals surface area contributed by atoms with Crippen molar-refractivity contribution in [2.75, 3.05) is 14.2 Å². The Kier molecular flexibility index (Phi) is 4.61. The van der Waals surface area contributed by atoms with Crippen molar-refractivity contribution in [3.63, 3.8) is 0 Å². The number of fused-ring (bicyclic) bond motifs is 1. The highest BCUT2D eigenvalue weighted by atomic mass is 16.5. The molecule has 0 atom stereocenters. The molecule has 0 aliphatic heterocycles. The van der Waals surface area contributed by atoms with Gasteiger partial charge in [-0.2, -0.15) is 5.26 Å². The molecule has 0 N–H and O–H groups in total. The molecular formula is C23H17N3O2. The van der Waals surface area contributed by atoms with E-state index >= 15 is 0 Å². The Labute approximate surface area is 162 Å². The Morgan fingerprint density at radius 3 is 1.93 bits per heavy atom. The fourth-order valence-electron chi connectivity index (χ4n) is 3.11. The summed E-state index contributed by atoms with van der Waals surface area (Å²) < 4.78 is 10.4. The zero-order valence-electron chi connectivity index (χ0n) is 15.5. The predicted octanol–water partition coefficient (Wildman–Crippen LogP) is 4.85. The van der Waals surface area contributed by atoms with Crippen LogP contribution < -0.4 is 9.47 Å². The summed E-state index contributed by atoms with van der Waals surface area (Å²) >= 11 is 0. The second-order valence-corrected chi connectivity index (χ2v) is 6.16. The van der Waals surface area contributed by atoms with E-state index in [-0.39, 0.29) is 0 Å². The fourth-order valence-corrected chi connectivity index (χ4v) is 3.11. The number of hydrogen-bond donors (Lipinski definition) is 0. The van der Waals surface area contributed by atoms with Crippen molar-refractivity contribution in [3.05, 3.63) is 72.4 Å². The van der Waals surface area contributed by atoms with Gasteiger partial charge in [0.2, 0.25) is 0 Å². The Bertz CT molecular complexity index is 1180. The van der Waals surface area contributed by atoms with Gasteiger partial charge in [-0.25, -0.2) is 9.97 Å². The number of hydrogen-bond acceptors (Lipinski definition) is 5. The van der Waals surface area contributed by atoms with Crippen molar-refractivity contribution in [1.29, 1.82) is 5.26 Å². The highest BCUT2D eigenvalue weighted by molar-refractivity contribution is 5.93. The minimum absolute atomic E-state index is 0.290. The number of nitriles is 1. The number of rotatable bonds is 4. The number of methoxy groups -OCH3 is 2. The maximum Gasteiger partial charge on any atom is 0.167 e. The summed E-state index contributed by atoms with van der Waals surface area (Å²) in [6.07, 6.45) is 0. The highest BCUT2D eigenvalue weighted by Crippen LogP contribution is 2.31. The maximum absolute atomic E-state index is 9.68. The summed E-state index contributed by atoms with van der Waals surface area (Å²) in [5.41, 5.74) is 5.01. The summed E-state index contributed by atoms with van der Waals surface area (Å²) in [5, 5.41) is 9.68. The second-order valence-electron chi connectivity index (χ2n) is 6.16. The van der Waals surface area contributed by atoms with Gasteiger partial charge in [-0.05, 0) is 48.0 Å². The first-order chi connectivity index (χ1) is 13.7. The summed E-state index contributed by atoms with van der Waals surface area (Å²) in [6, 6.07) is 23.2. The van der Waals surface area contributed by atoms with Crippen molar-refractivity contribution in [2.45, 2.75) is 0 Å². The number of benzene rings is 3. The summed E-state index contributed by atoms with van der Waals surface area (Å²) in [6.45, 7) is 0. The second kappa shape index (κ2) is 7.37. The van der Waals surface area contributed by atoms with Gasteiger partial charge >= 0.3 is 0 Å². The summed E-state index contributed by atoms with van der Waals surface area (Å²) in [4.78, 5) is 9.39. The van der Waals surface area contributed by atoms with Crippen molar-refractivity contribution in [2.24, 2.45) is 0 Å². The first kappa shape index (κ1) is 17.5. The average molecular weight is 367 g/mol. The van der Waals surface area contributed by atoms with E-state index < -0.39 is 0 Å². The Morgan fingerprint density at radius 1 is 0.750 bits per heavy atom. The molecule has 1 aromatic heterocycles. The Hall–Kier alpha value is -3.91. The highest BCUT2D eigenvalue weighted by Gasteiger charge is 2.14. The molecule has 4 rings (SSSR count). The SMILES string of the molecule is COc1ccc(-c2nc3cccc(-c4ccc(OC)cc4)c3nc2C#N)cc1. The van der Waals surface area contributed by atoms with Crippen molar-refractivity contribution < 1.29 is 9.47 Å². The molecule has 5 nitrogen and oxygen atoms in total. The van der Waals surface area contributed by atoms with Crippen LogP contribution in [-0.2, 0) is 0 Å². The minimum Gasteiger partial charge on any atom is -0.497 e. The van der Waals surface area contributed by atoms with Crippen LogP contribution >= 0.6 is 0 Å². The van der Waals surface area contributed by atoms with Gasteiger partial charge in [0.25, 0.3) is 0 Å². The standard InChI is InChI=1S/C23H17N3O2/c1-27-17-10-6-15(7-11-17)19-4-3-5-20-23(19)26-21(14-24)22(25-20)16-8-12-18(28-2)13-9-16/h3-13H,1-2H3. The molecular weight excluding hydrogens is 350 g/mol. The molecule has 0 unspecified atom stereocenters. The molecule has 136 valence electrons. The first-order valence-electron chi connectivity index (χ1n) is 8.73. The molecule has 0 fully saturated rings. The van der Waals surface area contributed by atoms with Crippen LogP contribution in [0.15, 0.2) is 66.7 Å². The minimum atomic E-state index is 0.290. The van der Waals surface area contributed by atoms with Gasteiger partial charge in [-0.1, -0.05) is 24.3 Å². The van der Waals surface area contributed by atoms with Crippen LogP contribution in [0.3, 0.4) is 0 Å². The third kappa shape index (κ3) is 3.12. The smallest absolute Gasteiger partial charge is 0.167 e. The molecule has 0 aliphatic rings. The van der Waals surface area contributed by atoms with Crippen LogP contribution in [-0.4, -0.2) is 24.2 Å². The van der Waals surface area contributed by atoms with Crippen molar-refractivity contribution >= 4 is 11.0 Å². The Morgan fingerprint density at radius 2 is 1.36 bits per heavy atom. The summed E-state index contributed by atoms with van der Waals surface area (Å²) in [5.74, 6) is 1.53. The molecule has 0 radical (unpaired) electrons. The molecule has 0 aliphatic carbocycles. The molecule has 0 spiro atoms. The lowest BCUT2D eigenvalue weighted by atomic mass is 10.0. The van der Waals surface area contributed by atoms with Gasteiger partial charge in [-0.15, -0.1) is 0 Å². The van der Waals surface area contributed by atoms with Crippen molar-refractivity contribution in [3.8, 4) is 40.0 Å². The van der Waals surface area contributed by atoms with E-state index in [4.69, 9.17) is 14.5 Å². The quantitative estimate of drug-likeness (QED) is 0.516. The van der Waals surface area contributed by atoms with E-state index in [1.165, 1.54) is 0 Å². The number of aromatic nitrogens is 2. The molecule has 0 saturated heterocycles. The lowest BCUT2D eigenvalue weighted by Crippen LogP contribution is -1.97. The zero-order chi connectivity index (χ0) is 19.5. The van der Waals surface area contributed by atoms with E-state index in [1.54, 1.807) is 14.2 Å². The molecule has 5 heteroatoms. The predicted molar refractivity (Wildman–Crippen MR) is 108 cm³/mol. The number of para-hydroxylation sites is 1. The largest absolute Gasteiger partial charge is 0.497 e.